The van der Waals surface area contributed by atoms with Gasteiger partial charge in [-0.05, 0) is 18.6 Å². The fourth-order valence-corrected chi connectivity index (χ4v) is 1.96. The van der Waals surface area contributed by atoms with Crippen LogP contribution in [0.5, 0.6) is 0 Å². The minimum atomic E-state index is -4.60. The Bertz CT molecular complexity index is 383. The van der Waals surface area contributed by atoms with Gasteiger partial charge in [0.15, 0.2) is 0 Å². The van der Waals surface area contributed by atoms with Gasteiger partial charge in [0.25, 0.3) is 5.79 Å². The molecule has 2 rings (SSSR count). The zero-order chi connectivity index (χ0) is 12.5. The molecule has 0 aliphatic carbocycles. The second-order valence-corrected chi connectivity index (χ2v) is 4.59. The number of hydrogen-bond acceptors (Lipinski definition) is 2. The molecule has 1 aliphatic heterocycles. The predicted octanol–water partition coefficient (Wildman–Crippen LogP) is 3.60. The van der Waals surface area contributed by atoms with E-state index in [9.17, 15) is 13.2 Å². The Hall–Kier alpha value is -0.590. The van der Waals surface area contributed by atoms with Crippen LogP contribution in [-0.4, -0.2) is 19.4 Å². The molecule has 6 heteroatoms. The van der Waals surface area contributed by atoms with Gasteiger partial charge >= 0.3 is 6.18 Å². The summed E-state index contributed by atoms with van der Waals surface area (Å²) < 4.78 is 49.9. The summed E-state index contributed by atoms with van der Waals surface area (Å²) in [7, 11) is 0. The molecule has 17 heavy (non-hydrogen) atoms. The van der Waals surface area contributed by atoms with Crippen LogP contribution < -0.4 is 0 Å². The summed E-state index contributed by atoms with van der Waals surface area (Å²) in [5, 5.41) is 0. The highest BCUT2D eigenvalue weighted by molar-refractivity contribution is 9.10. The summed E-state index contributed by atoms with van der Waals surface area (Å²) in [5.74, 6) is -2.62. The second-order valence-electron chi connectivity index (χ2n) is 3.67. The van der Waals surface area contributed by atoms with Crippen molar-refractivity contribution >= 4 is 15.9 Å². The average Bonchev–Trinajstić information content (AvgIpc) is 2.29. The molecule has 0 N–H and O–H groups in total. The van der Waals surface area contributed by atoms with Crippen LogP contribution in [-0.2, 0) is 15.3 Å². The second kappa shape index (κ2) is 4.59. The van der Waals surface area contributed by atoms with Crippen LogP contribution in [0.25, 0.3) is 0 Å². The van der Waals surface area contributed by atoms with Crippen LogP contribution in [0.3, 0.4) is 0 Å². The molecule has 94 valence electrons. The summed E-state index contributed by atoms with van der Waals surface area (Å²) in [5.41, 5.74) is -0.0344. The van der Waals surface area contributed by atoms with Crippen LogP contribution in [0.4, 0.5) is 13.2 Å². The molecule has 1 aliphatic rings. The molecular formula is C11H10BrF3O2. The predicted molar refractivity (Wildman–Crippen MR) is 58.4 cm³/mol. The first kappa shape index (κ1) is 12.9. The van der Waals surface area contributed by atoms with Gasteiger partial charge in [0.05, 0.1) is 13.2 Å². The summed E-state index contributed by atoms with van der Waals surface area (Å²) >= 11 is 3.17. The largest absolute Gasteiger partial charge is 0.448 e. The van der Waals surface area contributed by atoms with E-state index in [1.807, 2.05) is 0 Å². The van der Waals surface area contributed by atoms with Crippen LogP contribution >= 0.6 is 15.9 Å². The highest BCUT2D eigenvalue weighted by Crippen LogP contribution is 2.45. The highest BCUT2D eigenvalue weighted by atomic mass is 79.9. The molecule has 0 saturated carbocycles. The Balaban J connectivity index is 2.43. The third-order valence-electron chi connectivity index (χ3n) is 2.50. The van der Waals surface area contributed by atoms with E-state index in [4.69, 9.17) is 9.47 Å². The molecule has 0 amide bonds. The Morgan fingerprint density at radius 3 is 2.06 bits per heavy atom. The molecule has 1 fully saturated rings. The van der Waals surface area contributed by atoms with Crippen LogP contribution in [0, 0.1) is 0 Å². The topological polar surface area (TPSA) is 18.5 Å². The van der Waals surface area contributed by atoms with Gasteiger partial charge in [-0.1, -0.05) is 28.1 Å². The number of alkyl halides is 3. The van der Waals surface area contributed by atoms with Gasteiger partial charge in [-0.3, -0.25) is 0 Å². The lowest BCUT2D eigenvalue weighted by Crippen LogP contribution is -2.50. The number of halogens is 4. The number of ether oxygens (including phenoxy) is 2. The first-order valence-electron chi connectivity index (χ1n) is 5.06. The van der Waals surface area contributed by atoms with Gasteiger partial charge in [0, 0.05) is 10.0 Å². The fraction of sp³-hybridized carbons (Fsp3) is 0.455. The Kier molecular flexibility index (Phi) is 3.47. The smallest absolute Gasteiger partial charge is 0.339 e. The molecular weight excluding hydrogens is 301 g/mol. The molecule has 0 radical (unpaired) electrons. The molecule has 1 saturated heterocycles. The molecule has 1 heterocycles. The van der Waals surface area contributed by atoms with Crippen molar-refractivity contribution in [3.8, 4) is 0 Å². The van der Waals surface area contributed by atoms with Crippen LogP contribution in [0.15, 0.2) is 28.7 Å². The molecule has 0 aromatic heterocycles. The zero-order valence-electron chi connectivity index (χ0n) is 8.76. The molecule has 0 bridgehead atoms. The summed E-state index contributed by atoms with van der Waals surface area (Å²) in [6, 6.07) is 5.76. The minimum Gasteiger partial charge on any atom is -0.339 e. The molecule has 1 aromatic carbocycles. The van der Waals surface area contributed by atoms with Crippen molar-refractivity contribution in [2.45, 2.75) is 18.4 Å². The third kappa shape index (κ3) is 2.34. The first-order chi connectivity index (χ1) is 7.96. The minimum absolute atomic E-state index is 0.0344. The van der Waals surface area contributed by atoms with E-state index in [0.717, 1.165) is 0 Å². The van der Waals surface area contributed by atoms with E-state index in [1.54, 1.807) is 0 Å². The van der Waals surface area contributed by atoms with Gasteiger partial charge in [-0.25, -0.2) is 0 Å². The van der Waals surface area contributed by atoms with E-state index in [-0.39, 0.29) is 18.8 Å². The first-order valence-corrected chi connectivity index (χ1v) is 5.86. The van der Waals surface area contributed by atoms with E-state index >= 15 is 0 Å². The standard InChI is InChI=1S/C11H10BrF3O2/c12-9-4-2-8(3-5-9)10(11(13,14)15)16-6-1-7-17-10/h2-5H,1,6-7H2. The highest BCUT2D eigenvalue weighted by Gasteiger charge is 2.60. The van der Waals surface area contributed by atoms with Gasteiger partial charge in [0.2, 0.25) is 0 Å². The van der Waals surface area contributed by atoms with Gasteiger partial charge in [-0.2, -0.15) is 13.2 Å². The maximum absolute atomic E-state index is 13.1. The molecule has 0 unspecified atom stereocenters. The Morgan fingerprint density at radius 2 is 1.59 bits per heavy atom. The maximum atomic E-state index is 13.1. The summed E-state index contributed by atoms with van der Waals surface area (Å²) in [6.45, 7) is 0.0746. The van der Waals surface area contributed by atoms with E-state index in [2.05, 4.69) is 15.9 Å². The Labute approximate surface area is 105 Å². The van der Waals surface area contributed by atoms with Crippen LogP contribution in [0.2, 0.25) is 0 Å². The Morgan fingerprint density at radius 1 is 1.06 bits per heavy atom. The van der Waals surface area contributed by atoms with Gasteiger partial charge < -0.3 is 9.47 Å². The van der Waals surface area contributed by atoms with E-state index < -0.39 is 12.0 Å². The maximum Gasteiger partial charge on any atom is 0.448 e. The summed E-state index contributed by atoms with van der Waals surface area (Å²) in [6.07, 6.45) is -4.13. The van der Waals surface area contributed by atoms with Crippen LogP contribution in [0.1, 0.15) is 12.0 Å². The van der Waals surface area contributed by atoms with Gasteiger partial charge in [-0.15, -0.1) is 0 Å². The van der Waals surface area contributed by atoms with Crippen molar-refractivity contribution in [2.24, 2.45) is 0 Å². The van der Waals surface area contributed by atoms with Crippen molar-refractivity contribution < 1.29 is 22.6 Å². The van der Waals surface area contributed by atoms with Crippen molar-refractivity contribution in [3.63, 3.8) is 0 Å². The summed E-state index contributed by atoms with van der Waals surface area (Å²) in [4.78, 5) is 0. The molecule has 1 aromatic rings. The van der Waals surface area contributed by atoms with Crippen molar-refractivity contribution in [2.75, 3.05) is 13.2 Å². The average molecular weight is 311 g/mol. The third-order valence-corrected chi connectivity index (χ3v) is 3.03. The number of hydrogen-bond donors (Lipinski definition) is 0. The normalized spacial score (nSPS) is 20.2. The van der Waals surface area contributed by atoms with Gasteiger partial charge in [0.1, 0.15) is 0 Å². The SMILES string of the molecule is FC(F)(F)C1(c2ccc(Br)cc2)OCCCO1. The van der Waals surface area contributed by atoms with Crippen molar-refractivity contribution in [3.05, 3.63) is 34.3 Å². The van der Waals surface area contributed by atoms with E-state index in [1.165, 1.54) is 24.3 Å². The lowest BCUT2D eigenvalue weighted by atomic mass is 10.0. The van der Waals surface area contributed by atoms with E-state index in [0.29, 0.717) is 10.9 Å². The molecule has 2 nitrogen and oxygen atoms in total. The zero-order valence-corrected chi connectivity index (χ0v) is 10.3. The molecule has 0 atom stereocenters. The fourth-order valence-electron chi connectivity index (χ4n) is 1.70. The molecule has 0 spiro atoms. The lowest BCUT2D eigenvalue weighted by molar-refractivity contribution is -0.406. The van der Waals surface area contributed by atoms with Crippen molar-refractivity contribution in [1.82, 2.24) is 0 Å². The van der Waals surface area contributed by atoms with Crippen molar-refractivity contribution in [1.29, 1.82) is 0 Å². The lowest BCUT2D eigenvalue weighted by Gasteiger charge is -2.38. The number of rotatable bonds is 1. The monoisotopic (exact) mass is 310 g/mol. The number of benzene rings is 1. The quantitative estimate of drug-likeness (QED) is 0.789.